The van der Waals surface area contributed by atoms with Crippen LogP contribution in [-0.4, -0.2) is 28.2 Å². The molecule has 0 bridgehead atoms. The molecule has 7 nitrogen and oxygen atoms in total. The number of benzene rings is 2. The molecule has 3 rings (SSSR count). The van der Waals surface area contributed by atoms with Gasteiger partial charge in [-0.1, -0.05) is 30.3 Å². The van der Waals surface area contributed by atoms with E-state index >= 15 is 0 Å². The van der Waals surface area contributed by atoms with Gasteiger partial charge in [0.05, 0.1) is 18.4 Å². The molecule has 0 saturated heterocycles. The third-order valence-corrected chi connectivity index (χ3v) is 3.74. The average Bonchev–Trinajstić information content (AvgIpc) is 2.67. The number of aromatic carboxylic acids is 1. The smallest absolute Gasteiger partial charge is 0.337 e. The summed E-state index contributed by atoms with van der Waals surface area (Å²) in [5, 5.41) is 15.5. The summed E-state index contributed by atoms with van der Waals surface area (Å²) in [6.07, 6.45) is 1.41. The minimum absolute atomic E-state index is 0.176. The predicted octanol–water partition coefficient (Wildman–Crippen LogP) is 3.54. The van der Waals surface area contributed by atoms with Gasteiger partial charge in [0.2, 0.25) is 0 Å². The summed E-state index contributed by atoms with van der Waals surface area (Å²) in [6.45, 7) is 0.534. The fourth-order valence-corrected chi connectivity index (χ4v) is 2.47. The normalized spacial score (nSPS) is 10.2. The van der Waals surface area contributed by atoms with E-state index in [0.29, 0.717) is 23.9 Å². The van der Waals surface area contributed by atoms with Gasteiger partial charge < -0.3 is 20.5 Å². The van der Waals surface area contributed by atoms with Crippen LogP contribution in [0.4, 0.5) is 17.3 Å². The molecule has 0 amide bonds. The number of nitrogens with one attached hydrogen (secondary N) is 2. The number of para-hydroxylation sites is 2. The quantitative estimate of drug-likeness (QED) is 0.600. The molecular weight excluding hydrogens is 332 g/mol. The summed E-state index contributed by atoms with van der Waals surface area (Å²) >= 11 is 0. The highest BCUT2D eigenvalue weighted by molar-refractivity contribution is 5.95. The highest BCUT2D eigenvalue weighted by Gasteiger charge is 2.10. The Bertz CT molecular complexity index is 915. The number of carboxylic acids is 1. The fourth-order valence-electron chi connectivity index (χ4n) is 2.47. The van der Waals surface area contributed by atoms with Gasteiger partial charge in [-0.25, -0.2) is 14.8 Å². The van der Waals surface area contributed by atoms with E-state index in [1.54, 1.807) is 31.4 Å². The lowest BCUT2D eigenvalue weighted by molar-refractivity contribution is 0.0698. The number of methoxy groups -OCH3 is 1. The van der Waals surface area contributed by atoms with E-state index in [9.17, 15) is 9.90 Å². The summed E-state index contributed by atoms with van der Waals surface area (Å²) < 4.78 is 5.33. The molecule has 0 aliphatic heterocycles. The number of ether oxygens (including phenoxy) is 1. The Kier molecular flexibility index (Phi) is 5.28. The molecule has 0 aliphatic carbocycles. The van der Waals surface area contributed by atoms with Crippen LogP contribution in [0.15, 0.2) is 60.9 Å². The van der Waals surface area contributed by atoms with Crippen molar-refractivity contribution in [2.75, 3.05) is 17.7 Å². The maximum atomic E-state index is 11.3. The summed E-state index contributed by atoms with van der Waals surface area (Å²) in [7, 11) is 1.63. The maximum absolute atomic E-state index is 11.3. The molecule has 0 radical (unpaired) electrons. The summed E-state index contributed by atoms with van der Waals surface area (Å²) in [4.78, 5) is 19.6. The van der Waals surface area contributed by atoms with E-state index in [2.05, 4.69) is 20.6 Å². The molecule has 0 unspecified atom stereocenters. The van der Waals surface area contributed by atoms with Gasteiger partial charge in [-0.3, -0.25) is 0 Å². The largest absolute Gasteiger partial charge is 0.496 e. The van der Waals surface area contributed by atoms with E-state index in [4.69, 9.17) is 4.74 Å². The average molecular weight is 350 g/mol. The van der Waals surface area contributed by atoms with Crippen LogP contribution in [0, 0.1) is 0 Å². The topological polar surface area (TPSA) is 96.4 Å². The molecular formula is C19H18N4O3. The minimum atomic E-state index is -1.00. The van der Waals surface area contributed by atoms with Crippen molar-refractivity contribution in [1.82, 2.24) is 9.97 Å². The van der Waals surface area contributed by atoms with Gasteiger partial charge in [0.25, 0.3) is 0 Å². The van der Waals surface area contributed by atoms with E-state index in [0.717, 1.165) is 11.3 Å². The second-order valence-corrected chi connectivity index (χ2v) is 5.43. The molecule has 3 N–H and O–H groups in total. The van der Waals surface area contributed by atoms with Crippen molar-refractivity contribution in [3.05, 3.63) is 72.1 Å². The lowest BCUT2D eigenvalue weighted by atomic mass is 10.2. The Morgan fingerprint density at radius 2 is 1.81 bits per heavy atom. The van der Waals surface area contributed by atoms with Crippen LogP contribution in [0.2, 0.25) is 0 Å². The highest BCUT2D eigenvalue weighted by Crippen LogP contribution is 2.22. The zero-order valence-corrected chi connectivity index (χ0v) is 14.1. The van der Waals surface area contributed by atoms with Crippen LogP contribution in [0.3, 0.4) is 0 Å². The van der Waals surface area contributed by atoms with Gasteiger partial charge in [0.1, 0.15) is 23.7 Å². The number of hydrogen-bond acceptors (Lipinski definition) is 6. The van der Waals surface area contributed by atoms with E-state index in [1.165, 1.54) is 12.4 Å². The SMILES string of the molecule is COc1ccccc1CNc1cc(Nc2ccccc2C(=O)O)ncn1. The first kappa shape index (κ1) is 17.2. The molecule has 0 saturated carbocycles. The molecule has 0 fully saturated rings. The van der Waals surface area contributed by atoms with Crippen LogP contribution in [0.1, 0.15) is 15.9 Å². The van der Waals surface area contributed by atoms with Crippen LogP contribution in [-0.2, 0) is 6.54 Å². The van der Waals surface area contributed by atoms with Crippen molar-refractivity contribution in [3.63, 3.8) is 0 Å². The van der Waals surface area contributed by atoms with E-state index in [-0.39, 0.29) is 5.56 Å². The number of carbonyl (C=O) groups is 1. The molecule has 2 aromatic carbocycles. The van der Waals surface area contributed by atoms with Crippen molar-refractivity contribution in [2.45, 2.75) is 6.54 Å². The number of anilines is 3. The third kappa shape index (κ3) is 4.07. The van der Waals surface area contributed by atoms with Crippen molar-refractivity contribution >= 4 is 23.3 Å². The van der Waals surface area contributed by atoms with Crippen LogP contribution >= 0.6 is 0 Å². The molecule has 132 valence electrons. The van der Waals surface area contributed by atoms with E-state index < -0.39 is 5.97 Å². The zero-order valence-electron chi connectivity index (χ0n) is 14.1. The number of hydrogen-bond donors (Lipinski definition) is 3. The predicted molar refractivity (Wildman–Crippen MR) is 99.0 cm³/mol. The molecule has 7 heteroatoms. The Labute approximate surface area is 150 Å². The van der Waals surface area contributed by atoms with Crippen molar-refractivity contribution in [3.8, 4) is 5.75 Å². The first-order valence-corrected chi connectivity index (χ1v) is 7.94. The zero-order chi connectivity index (χ0) is 18.4. The fraction of sp³-hybridized carbons (Fsp3) is 0.105. The molecule has 1 heterocycles. The Hall–Kier alpha value is -3.61. The van der Waals surface area contributed by atoms with Crippen molar-refractivity contribution < 1.29 is 14.6 Å². The monoisotopic (exact) mass is 350 g/mol. The Morgan fingerprint density at radius 3 is 2.62 bits per heavy atom. The summed E-state index contributed by atoms with van der Waals surface area (Å²) in [5.41, 5.74) is 1.64. The number of aromatic nitrogens is 2. The van der Waals surface area contributed by atoms with Gasteiger partial charge >= 0.3 is 5.97 Å². The molecule has 0 spiro atoms. The van der Waals surface area contributed by atoms with Gasteiger partial charge in [0.15, 0.2) is 0 Å². The minimum Gasteiger partial charge on any atom is -0.496 e. The van der Waals surface area contributed by atoms with Crippen LogP contribution < -0.4 is 15.4 Å². The lowest BCUT2D eigenvalue weighted by Crippen LogP contribution is -2.06. The van der Waals surface area contributed by atoms with E-state index in [1.807, 2.05) is 24.3 Å². The first-order valence-electron chi connectivity index (χ1n) is 7.94. The number of nitrogens with zero attached hydrogens (tertiary/aromatic N) is 2. The second kappa shape index (κ2) is 7.98. The molecule has 0 aliphatic rings. The molecule has 1 aromatic heterocycles. The third-order valence-electron chi connectivity index (χ3n) is 3.74. The summed E-state index contributed by atoms with van der Waals surface area (Å²) in [5.74, 6) is 0.900. The van der Waals surface area contributed by atoms with Gasteiger partial charge in [0, 0.05) is 18.2 Å². The van der Waals surface area contributed by atoms with Crippen LogP contribution in [0.25, 0.3) is 0 Å². The molecule has 0 atom stereocenters. The van der Waals surface area contributed by atoms with Gasteiger partial charge in [-0.05, 0) is 18.2 Å². The Morgan fingerprint density at radius 1 is 1.08 bits per heavy atom. The molecule has 3 aromatic rings. The second-order valence-electron chi connectivity index (χ2n) is 5.43. The standard InChI is InChI=1S/C19H18N4O3/c1-26-16-9-5-2-6-13(16)11-20-17-10-18(22-12-21-17)23-15-8-4-3-7-14(15)19(24)25/h2-10,12H,11H2,1H3,(H,24,25)(H2,20,21,22,23). The van der Waals surface area contributed by atoms with Crippen LogP contribution in [0.5, 0.6) is 5.75 Å². The van der Waals surface area contributed by atoms with Gasteiger partial charge in [-0.15, -0.1) is 0 Å². The van der Waals surface area contributed by atoms with Crippen molar-refractivity contribution in [1.29, 1.82) is 0 Å². The lowest BCUT2D eigenvalue weighted by Gasteiger charge is -2.12. The van der Waals surface area contributed by atoms with Gasteiger partial charge in [-0.2, -0.15) is 0 Å². The number of rotatable bonds is 7. The summed E-state index contributed by atoms with van der Waals surface area (Å²) in [6, 6.07) is 16.1. The maximum Gasteiger partial charge on any atom is 0.337 e. The first-order chi connectivity index (χ1) is 12.7. The Balaban J connectivity index is 1.74. The highest BCUT2D eigenvalue weighted by atomic mass is 16.5. The number of carboxylic acid groups (broad SMARTS) is 1. The molecule has 26 heavy (non-hydrogen) atoms. The van der Waals surface area contributed by atoms with Crippen molar-refractivity contribution in [2.24, 2.45) is 0 Å².